The number of ether oxygens (including phenoxy) is 1. The predicted octanol–water partition coefficient (Wildman–Crippen LogP) is 3.97. The van der Waals surface area contributed by atoms with Gasteiger partial charge in [0.05, 0.1) is 5.41 Å². The average Bonchev–Trinajstić information content (AvgIpc) is 3.03. The van der Waals surface area contributed by atoms with Crippen molar-refractivity contribution in [2.45, 2.75) is 45.5 Å². The van der Waals surface area contributed by atoms with Crippen molar-refractivity contribution >= 4 is 6.09 Å². The molecule has 1 amide bonds. The third-order valence-electron chi connectivity index (χ3n) is 5.31. The Kier molecular flexibility index (Phi) is 4.50. The number of rotatable bonds is 4. The maximum atomic E-state index is 13.8. The van der Waals surface area contributed by atoms with Crippen LogP contribution in [0, 0.1) is 10.8 Å². The van der Waals surface area contributed by atoms with Crippen LogP contribution in [0.5, 0.6) is 0 Å². The van der Waals surface area contributed by atoms with Crippen molar-refractivity contribution in [3.8, 4) is 0 Å². The number of amides is 1. The van der Waals surface area contributed by atoms with Crippen LogP contribution in [0.1, 0.15) is 32.8 Å². The molecule has 144 valence electrons. The molecule has 1 aromatic carbocycles. The second-order valence-corrected chi connectivity index (χ2v) is 8.52. The Bertz CT molecular complexity index is 672. The second-order valence-electron chi connectivity index (χ2n) is 8.52. The Morgan fingerprint density at radius 3 is 2.42 bits per heavy atom. The summed E-state index contributed by atoms with van der Waals surface area (Å²) in [5.74, 6) is 0. The van der Waals surface area contributed by atoms with E-state index in [4.69, 9.17) is 4.74 Å². The number of nitrogens with zero attached hydrogens (tertiary/aromatic N) is 1. The minimum atomic E-state index is -4.28. The van der Waals surface area contributed by atoms with E-state index in [0.717, 1.165) is 5.56 Å². The molecule has 0 aromatic heterocycles. The fourth-order valence-electron chi connectivity index (χ4n) is 4.12. The van der Waals surface area contributed by atoms with E-state index in [-0.39, 0.29) is 19.5 Å². The Labute approximate surface area is 151 Å². The van der Waals surface area contributed by atoms with Gasteiger partial charge in [-0.05, 0) is 32.8 Å². The van der Waals surface area contributed by atoms with E-state index in [1.807, 2.05) is 35.2 Å². The molecule has 0 spiro atoms. The molecular weight excluding hydrogens is 345 g/mol. The summed E-state index contributed by atoms with van der Waals surface area (Å²) in [6, 6.07) is 9.47. The van der Waals surface area contributed by atoms with E-state index in [1.165, 1.54) is 0 Å². The van der Waals surface area contributed by atoms with Crippen LogP contribution in [0.15, 0.2) is 30.3 Å². The highest BCUT2D eigenvalue weighted by Gasteiger charge is 2.82. The molecule has 1 heterocycles. The lowest BCUT2D eigenvalue weighted by molar-refractivity contribution is -0.193. The monoisotopic (exact) mass is 370 g/mol. The van der Waals surface area contributed by atoms with E-state index in [0.29, 0.717) is 13.1 Å². The van der Waals surface area contributed by atoms with Crippen LogP contribution in [0.4, 0.5) is 18.0 Å². The minimum absolute atomic E-state index is 0.0211. The van der Waals surface area contributed by atoms with Crippen molar-refractivity contribution in [2.24, 2.45) is 10.8 Å². The largest absolute Gasteiger partial charge is 0.444 e. The maximum Gasteiger partial charge on any atom is 0.407 e. The molecule has 3 rings (SSSR count). The van der Waals surface area contributed by atoms with E-state index in [2.05, 4.69) is 5.32 Å². The van der Waals surface area contributed by atoms with Crippen LogP contribution < -0.4 is 5.32 Å². The smallest absolute Gasteiger partial charge is 0.407 e. The van der Waals surface area contributed by atoms with Crippen LogP contribution in [-0.2, 0) is 11.3 Å². The summed E-state index contributed by atoms with van der Waals surface area (Å²) in [6.07, 6.45) is -4.89. The number of halogens is 3. The van der Waals surface area contributed by atoms with Gasteiger partial charge in [0.25, 0.3) is 0 Å². The predicted molar refractivity (Wildman–Crippen MR) is 91.5 cm³/mol. The Balaban J connectivity index is 1.68. The molecule has 4 nitrogen and oxygen atoms in total. The van der Waals surface area contributed by atoms with Gasteiger partial charge in [0.1, 0.15) is 5.60 Å². The number of alkyl carbamates (subject to hydrolysis) is 1. The summed E-state index contributed by atoms with van der Waals surface area (Å²) in [5.41, 5.74) is -2.39. The summed E-state index contributed by atoms with van der Waals surface area (Å²) in [7, 11) is 0. The van der Waals surface area contributed by atoms with E-state index >= 15 is 0 Å². The van der Waals surface area contributed by atoms with Gasteiger partial charge < -0.3 is 10.1 Å². The number of alkyl halides is 3. The molecule has 1 aliphatic carbocycles. The second kappa shape index (κ2) is 6.15. The van der Waals surface area contributed by atoms with Gasteiger partial charge in [-0.15, -0.1) is 0 Å². The first-order chi connectivity index (χ1) is 12.0. The van der Waals surface area contributed by atoms with Crippen LogP contribution in [-0.4, -0.2) is 42.4 Å². The minimum Gasteiger partial charge on any atom is -0.444 e. The van der Waals surface area contributed by atoms with Gasteiger partial charge >= 0.3 is 12.3 Å². The number of carbonyl (C=O) groups excluding carboxylic acids is 1. The fraction of sp³-hybridized carbons (Fsp3) is 0.632. The lowest BCUT2D eigenvalue weighted by atomic mass is 9.95. The first-order valence-electron chi connectivity index (χ1n) is 8.76. The molecule has 2 atom stereocenters. The molecule has 1 saturated carbocycles. The zero-order valence-electron chi connectivity index (χ0n) is 15.3. The van der Waals surface area contributed by atoms with Gasteiger partial charge in [-0.1, -0.05) is 30.3 Å². The zero-order chi connectivity index (χ0) is 19.2. The Morgan fingerprint density at radius 1 is 1.19 bits per heavy atom. The van der Waals surface area contributed by atoms with Gasteiger partial charge in [-0.25, -0.2) is 4.79 Å². The number of fused-ring (bicyclic) bond motifs is 1. The van der Waals surface area contributed by atoms with Crippen LogP contribution >= 0.6 is 0 Å². The van der Waals surface area contributed by atoms with Crippen LogP contribution in [0.2, 0.25) is 0 Å². The highest BCUT2D eigenvalue weighted by molar-refractivity contribution is 5.67. The average molecular weight is 370 g/mol. The van der Waals surface area contributed by atoms with Gasteiger partial charge in [-0.2, -0.15) is 13.2 Å². The summed E-state index contributed by atoms with van der Waals surface area (Å²) in [4.78, 5) is 13.7. The van der Waals surface area contributed by atoms with E-state index in [1.54, 1.807) is 20.8 Å². The standard InChI is InChI=1S/C19H25F3N2O2/c1-16(2,3)26-15(25)23-11-17-10-18(17,19(20,21)22)13-24(12-17)9-14-7-5-4-6-8-14/h4-8H,9-13H2,1-3H3,(H,23,25)/t17-,18+/m0/s1. The molecule has 0 radical (unpaired) electrons. The lowest BCUT2D eigenvalue weighted by Gasteiger charge is -2.23. The number of piperidine rings is 1. The highest BCUT2D eigenvalue weighted by Crippen LogP contribution is 2.74. The molecule has 0 bridgehead atoms. The molecule has 7 heteroatoms. The van der Waals surface area contributed by atoms with Crippen molar-refractivity contribution in [3.63, 3.8) is 0 Å². The summed E-state index contributed by atoms with van der Waals surface area (Å²) < 4.78 is 46.5. The topological polar surface area (TPSA) is 41.6 Å². The molecule has 1 saturated heterocycles. The molecular formula is C19H25F3N2O2. The summed E-state index contributed by atoms with van der Waals surface area (Å²) >= 11 is 0. The van der Waals surface area contributed by atoms with Crippen molar-refractivity contribution in [1.82, 2.24) is 10.2 Å². The van der Waals surface area contributed by atoms with Crippen molar-refractivity contribution in [2.75, 3.05) is 19.6 Å². The Hall–Kier alpha value is -1.76. The Morgan fingerprint density at radius 2 is 1.85 bits per heavy atom. The van der Waals surface area contributed by atoms with E-state index < -0.39 is 28.7 Å². The first-order valence-corrected chi connectivity index (χ1v) is 8.76. The molecule has 1 N–H and O–H groups in total. The lowest BCUT2D eigenvalue weighted by Crippen LogP contribution is -2.39. The number of nitrogens with one attached hydrogen (secondary N) is 1. The number of hydrogen-bond donors (Lipinski definition) is 1. The molecule has 26 heavy (non-hydrogen) atoms. The quantitative estimate of drug-likeness (QED) is 0.872. The van der Waals surface area contributed by atoms with Crippen LogP contribution in [0.3, 0.4) is 0 Å². The normalized spacial score (nSPS) is 28.5. The molecule has 2 fully saturated rings. The van der Waals surface area contributed by atoms with Gasteiger partial charge in [0.2, 0.25) is 0 Å². The summed E-state index contributed by atoms with van der Waals surface area (Å²) in [5, 5.41) is 2.56. The van der Waals surface area contributed by atoms with Crippen molar-refractivity contribution < 1.29 is 22.7 Å². The van der Waals surface area contributed by atoms with Crippen LogP contribution in [0.25, 0.3) is 0 Å². The maximum absolute atomic E-state index is 13.8. The van der Waals surface area contributed by atoms with E-state index in [9.17, 15) is 18.0 Å². The van der Waals surface area contributed by atoms with Crippen molar-refractivity contribution in [3.05, 3.63) is 35.9 Å². The van der Waals surface area contributed by atoms with Crippen molar-refractivity contribution in [1.29, 1.82) is 0 Å². The fourth-order valence-corrected chi connectivity index (χ4v) is 4.12. The number of hydrogen-bond acceptors (Lipinski definition) is 3. The highest BCUT2D eigenvalue weighted by atomic mass is 19.4. The third-order valence-corrected chi connectivity index (χ3v) is 5.31. The van der Waals surface area contributed by atoms with Gasteiger partial charge in [0, 0.05) is 31.6 Å². The molecule has 2 aliphatic rings. The van der Waals surface area contributed by atoms with Gasteiger partial charge in [0.15, 0.2) is 0 Å². The number of benzene rings is 1. The number of carbonyl (C=O) groups is 1. The summed E-state index contributed by atoms with van der Waals surface area (Å²) in [6.45, 7) is 5.91. The van der Waals surface area contributed by atoms with Gasteiger partial charge in [-0.3, -0.25) is 4.90 Å². The first kappa shape index (κ1) is 19.0. The SMILES string of the molecule is CC(C)(C)OC(=O)NC[C@@]12CN(Cc3ccccc3)C[C@]1(C(F)(F)F)C2. The molecule has 1 aromatic rings. The number of likely N-dealkylation sites (tertiary alicyclic amines) is 1. The third kappa shape index (κ3) is 3.54. The molecule has 0 unspecified atom stereocenters. The zero-order valence-corrected chi connectivity index (χ0v) is 15.3. The molecule has 1 aliphatic heterocycles.